The summed E-state index contributed by atoms with van der Waals surface area (Å²) >= 11 is 0. The number of hydrogen-bond donors (Lipinski definition) is 1. The van der Waals surface area contributed by atoms with Gasteiger partial charge in [0.1, 0.15) is 5.75 Å². The van der Waals surface area contributed by atoms with Gasteiger partial charge in [0.15, 0.2) is 11.5 Å². The van der Waals surface area contributed by atoms with Crippen molar-refractivity contribution >= 4 is 27.7 Å². The molecule has 0 saturated heterocycles. The lowest BCUT2D eigenvalue weighted by atomic mass is 10.2. The average molecular weight is 449 g/mol. The Morgan fingerprint density at radius 2 is 1.55 bits per heavy atom. The summed E-state index contributed by atoms with van der Waals surface area (Å²) < 4.78 is 42.6. The van der Waals surface area contributed by atoms with Gasteiger partial charge in [0, 0.05) is 19.2 Å². The molecule has 1 amide bonds. The highest BCUT2D eigenvalue weighted by molar-refractivity contribution is 7.89. The summed E-state index contributed by atoms with van der Waals surface area (Å²) in [4.78, 5) is 12.5. The first-order chi connectivity index (χ1) is 14.8. The van der Waals surface area contributed by atoms with E-state index in [1.54, 1.807) is 45.2 Å². The van der Waals surface area contributed by atoms with Crippen molar-refractivity contribution in [3.63, 3.8) is 0 Å². The fourth-order valence-corrected chi connectivity index (χ4v) is 4.45. The average Bonchev–Trinajstić information content (AvgIpc) is 2.78. The zero-order chi connectivity index (χ0) is 23.0. The van der Waals surface area contributed by atoms with Crippen molar-refractivity contribution in [1.82, 2.24) is 4.31 Å². The van der Waals surface area contributed by atoms with Crippen molar-refractivity contribution in [2.24, 2.45) is 0 Å². The lowest BCUT2D eigenvalue weighted by Crippen LogP contribution is -2.30. The fraction of sp³-hybridized carbons (Fsp3) is 0.318. The molecule has 0 aromatic heterocycles. The van der Waals surface area contributed by atoms with Crippen LogP contribution in [0.2, 0.25) is 0 Å². The second-order valence-electron chi connectivity index (χ2n) is 6.39. The Morgan fingerprint density at radius 3 is 2.13 bits per heavy atom. The number of carbonyl (C=O) groups is 1. The minimum atomic E-state index is -3.67. The first-order valence-electron chi connectivity index (χ1n) is 9.69. The molecule has 0 aliphatic carbocycles. The molecule has 0 bridgehead atoms. The topological polar surface area (TPSA) is 94.2 Å². The fourth-order valence-electron chi connectivity index (χ4n) is 2.96. The number of hydrogen-bond acceptors (Lipinski definition) is 6. The molecular formula is C22H28N2O6S. The predicted octanol–water partition coefficient (Wildman–Crippen LogP) is 3.39. The van der Waals surface area contributed by atoms with Gasteiger partial charge in [-0.15, -0.1) is 0 Å². The SMILES string of the molecule is CCN(CC)S(=O)(=O)c1ccc(OC)c(NC(=O)/C=C/c2ccc(OC)c(OC)c2)c1. The highest BCUT2D eigenvalue weighted by atomic mass is 32.2. The predicted molar refractivity (Wildman–Crippen MR) is 120 cm³/mol. The van der Waals surface area contributed by atoms with Crippen LogP contribution in [0.5, 0.6) is 17.2 Å². The van der Waals surface area contributed by atoms with E-state index in [4.69, 9.17) is 14.2 Å². The second-order valence-corrected chi connectivity index (χ2v) is 8.33. The van der Waals surface area contributed by atoms with Gasteiger partial charge in [-0.3, -0.25) is 4.79 Å². The molecule has 0 radical (unpaired) electrons. The summed E-state index contributed by atoms with van der Waals surface area (Å²) in [5.74, 6) is 1.04. The zero-order valence-corrected chi connectivity index (χ0v) is 19.2. The van der Waals surface area contributed by atoms with Gasteiger partial charge in [0.2, 0.25) is 15.9 Å². The number of rotatable bonds is 10. The van der Waals surface area contributed by atoms with Gasteiger partial charge in [-0.1, -0.05) is 19.9 Å². The molecule has 0 spiro atoms. The molecule has 0 aliphatic rings. The molecule has 31 heavy (non-hydrogen) atoms. The van der Waals surface area contributed by atoms with Crippen LogP contribution in [-0.2, 0) is 14.8 Å². The van der Waals surface area contributed by atoms with E-state index >= 15 is 0 Å². The Morgan fingerprint density at radius 1 is 0.935 bits per heavy atom. The highest BCUT2D eigenvalue weighted by Crippen LogP contribution is 2.30. The molecule has 9 heteroatoms. The number of carbonyl (C=O) groups excluding carboxylic acids is 1. The molecule has 0 aliphatic heterocycles. The van der Waals surface area contributed by atoms with E-state index < -0.39 is 15.9 Å². The minimum absolute atomic E-state index is 0.0798. The summed E-state index contributed by atoms with van der Waals surface area (Å²) in [7, 11) is 0.852. The Balaban J connectivity index is 2.27. The van der Waals surface area contributed by atoms with E-state index in [0.29, 0.717) is 30.3 Å². The van der Waals surface area contributed by atoms with Crippen molar-refractivity contribution in [3.8, 4) is 17.2 Å². The number of nitrogens with one attached hydrogen (secondary N) is 1. The monoisotopic (exact) mass is 448 g/mol. The third kappa shape index (κ3) is 5.77. The van der Waals surface area contributed by atoms with E-state index in [2.05, 4.69) is 5.32 Å². The first-order valence-corrected chi connectivity index (χ1v) is 11.1. The van der Waals surface area contributed by atoms with Crippen LogP contribution in [-0.4, -0.2) is 53.0 Å². The van der Waals surface area contributed by atoms with Gasteiger partial charge in [0.25, 0.3) is 0 Å². The lowest BCUT2D eigenvalue weighted by molar-refractivity contribution is -0.111. The van der Waals surface area contributed by atoms with Crippen LogP contribution in [0.4, 0.5) is 5.69 Å². The maximum absolute atomic E-state index is 12.8. The molecule has 0 saturated carbocycles. The van der Waals surface area contributed by atoms with E-state index in [1.165, 1.54) is 42.8 Å². The van der Waals surface area contributed by atoms with Gasteiger partial charge >= 0.3 is 0 Å². The van der Waals surface area contributed by atoms with Gasteiger partial charge in [-0.2, -0.15) is 4.31 Å². The molecule has 0 atom stereocenters. The summed E-state index contributed by atoms with van der Waals surface area (Å²) in [5.41, 5.74) is 0.996. The quantitative estimate of drug-likeness (QED) is 0.560. The first kappa shape index (κ1) is 24.2. The molecule has 0 fully saturated rings. The largest absolute Gasteiger partial charge is 0.495 e. The van der Waals surface area contributed by atoms with Crippen molar-refractivity contribution in [1.29, 1.82) is 0 Å². The smallest absolute Gasteiger partial charge is 0.248 e. The van der Waals surface area contributed by atoms with Crippen LogP contribution >= 0.6 is 0 Å². The number of ether oxygens (including phenoxy) is 3. The molecular weight excluding hydrogens is 420 g/mol. The van der Waals surface area contributed by atoms with Crippen molar-refractivity contribution < 1.29 is 27.4 Å². The van der Waals surface area contributed by atoms with Crippen LogP contribution in [0.25, 0.3) is 6.08 Å². The van der Waals surface area contributed by atoms with Gasteiger partial charge in [-0.25, -0.2) is 8.42 Å². The molecule has 168 valence electrons. The standard InChI is InChI=1S/C22H28N2O6S/c1-6-24(7-2)31(26,27)17-10-12-19(28-3)18(15-17)23-22(25)13-9-16-8-11-20(29-4)21(14-16)30-5/h8-15H,6-7H2,1-5H3,(H,23,25)/b13-9+. The van der Waals surface area contributed by atoms with Crippen LogP contribution < -0.4 is 19.5 Å². The van der Waals surface area contributed by atoms with Crippen LogP contribution in [0.15, 0.2) is 47.4 Å². The Kier molecular flexibility index (Phi) is 8.47. The number of amides is 1. The Labute approximate surface area is 183 Å². The Bertz CT molecular complexity index is 1050. The van der Waals surface area contributed by atoms with E-state index in [-0.39, 0.29) is 10.6 Å². The van der Waals surface area contributed by atoms with Crippen molar-refractivity contribution in [3.05, 3.63) is 48.0 Å². The molecule has 0 unspecified atom stereocenters. The number of methoxy groups -OCH3 is 3. The second kappa shape index (κ2) is 10.8. The normalized spacial score (nSPS) is 11.5. The minimum Gasteiger partial charge on any atom is -0.495 e. The summed E-state index contributed by atoms with van der Waals surface area (Å²) in [5, 5.41) is 2.68. The molecule has 8 nitrogen and oxygen atoms in total. The lowest BCUT2D eigenvalue weighted by Gasteiger charge is -2.19. The highest BCUT2D eigenvalue weighted by Gasteiger charge is 2.23. The number of nitrogens with zero attached hydrogens (tertiary/aromatic N) is 1. The van der Waals surface area contributed by atoms with Crippen LogP contribution in [0.1, 0.15) is 19.4 Å². The van der Waals surface area contributed by atoms with E-state index in [1.807, 2.05) is 0 Å². The number of sulfonamides is 1. The summed E-state index contributed by atoms with van der Waals surface area (Å²) in [6.45, 7) is 4.24. The summed E-state index contributed by atoms with van der Waals surface area (Å²) in [6.07, 6.45) is 2.95. The van der Waals surface area contributed by atoms with Crippen molar-refractivity contribution in [2.45, 2.75) is 18.7 Å². The molecule has 2 aromatic carbocycles. The molecule has 1 N–H and O–H groups in total. The molecule has 2 aromatic rings. The van der Waals surface area contributed by atoms with E-state index in [9.17, 15) is 13.2 Å². The van der Waals surface area contributed by atoms with Gasteiger partial charge in [-0.05, 0) is 42.0 Å². The maximum Gasteiger partial charge on any atom is 0.248 e. The number of anilines is 1. The van der Waals surface area contributed by atoms with Crippen molar-refractivity contribution in [2.75, 3.05) is 39.7 Å². The third-order valence-electron chi connectivity index (χ3n) is 4.61. The number of benzene rings is 2. The van der Waals surface area contributed by atoms with Gasteiger partial charge in [0.05, 0.1) is 31.9 Å². The third-order valence-corrected chi connectivity index (χ3v) is 6.65. The van der Waals surface area contributed by atoms with E-state index in [0.717, 1.165) is 5.56 Å². The molecule has 2 rings (SSSR count). The Hall–Kier alpha value is -3.04. The zero-order valence-electron chi connectivity index (χ0n) is 18.3. The maximum atomic E-state index is 12.8. The van der Waals surface area contributed by atoms with Gasteiger partial charge < -0.3 is 19.5 Å². The van der Waals surface area contributed by atoms with Crippen LogP contribution in [0.3, 0.4) is 0 Å². The van der Waals surface area contributed by atoms with Crippen LogP contribution in [0, 0.1) is 0 Å². The molecule has 0 heterocycles. The summed E-state index contributed by atoms with van der Waals surface area (Å²) in [6, 6.07) is 9.63.